The smallest absolute Gasteiger partial charge is 0.224 e. The van der Waals surface area contributed by atoms with E-state index in [1.165, 1.54) is 0 Å². The number of anilines is 1. The van der Waals surface area contributed by atoms with Gasteiger partial charge in [-0.15, -0.1) is 11.8 Å². The second kappa shape index (κ2) is 5.17. The van der Waals surface area contributed by atoms with Gasteiger partial charge in [-0.1, -0.05) is 0 Å². The number of carbonyl (C=O) groups is 1. The highest BCUT2D eigenvalue weighted by atomic mass is 35.5. The molecule has 1 N–H and O–H groups in total. The highest BCUT2D eigenvalue weighted by Crippen LogP contribution is 2.36. The maximum absolute atomic E-state index is 11.5. The van der Waals surface area contributed by atoms with Crippen LogP contribution in [0.1, 0.15) is 18.5 Å². The van der Waals surface area contributed by atoms with Gasteiger partial charge < -0.3 is 10.2 Å². The van der Waals surface area contributed by atoms with E-state index in [0.717, 1.165) is 35.0 Å². The van der Waals surface area contributed by atoms with Gasteiger partial charge in [0.25, 0.3) is 0 Å². The van der Waals surface area contributed by atoms with Gasteiger partial charge in [0.1, 0.15) is 5.82 Å². The summed E-state index contributed by atoms with van der Waals surface area (Å²) in [4.78, 5) is 22.9. The van der Waals surface area contributed by atoms with Crippen LogP contribution in [0.2, 0.25) is 5.28 Å². The number of nitrogens with zero attached hydrogens (tertiary/aromatic N) is 3. The Balaban J connectivity index is 1.79. The second-order valence-electron chi connectivity index (χ2n) is 4.87. The molecule has 3 rings (SSSR count). The summed E-state index contributed by atoms with van der Waals surface area (Å²) in [7, 11) is 1.84. The van der Waals surface area contributed by atoms with E-state index in [-0.39, 0.29) is 11.9 Å². The lowest BCUT2D eigenvalue weighted by Crippen LogP contribution is -2.43. The summed E-state index contributed by atoms with van der Waals surface area (Å²) in [5.41, 5.74) is 1.03. The summed E-state index contributed by atoms with van der Waals surface area (Å²) >= 11 is 7.73. The van der Waals surface area contributed by atoms with E-state index >= 15 is 0 Å². The van der Waals surface area contributed by atoms with Crippen molar-refractivity contribution in [1.29, 1.82) is 0 Å². The number of likely N-dealkylation sites (N-methyl/N-ethyl adjacent to an activating group) is 1. The van der Waals surface area contributed by atoms with E-state index in [9.17, 15) is 4.79 Å². The van der Waals surface area contributed by atoms with Crippen LogP contribution in [-0.2, 0) is 11.2 Å². The van der Waals surface area contributed by atoms with Crippen LogP contribution < -0.4 is 5.32 Å². The molecule has 1 aromatic rings. The van der Waals surface area contributed by atoms with E-state index in [2.05, 4.69) is 15.3 Å². The molecule has 19 heavy (non-hydrogen) atoms. The van der Waals surface area contributed by atoms with Crippen molar-refractivity contribution in [2.45, 2.75) is 30.2 Å². The Labute approximate surface area is 121 Å². The van der Waals surface area contributed by atoms with Crippen molar-refractivity contribution in [3.05, 3.63) is 11.0 Å². The number of halogens is 1. The number of aromatic nitrogens is 2. The molecule has 7 heteroatoms. The summed E-state index contributed by atoms with van der Waals surface area (Å²) in [6, 6.07) is 0.235. The standard InChI is InChI=1S/C12H15ClN4OS/c1-17-6-7(2-3-9(17)18)14-11-10-8(4-5-19-10)15-12(13)16-11/h7H,2-6H2,1H3,(H,14,15,16)/t7-/m0/s1. The van der Waals surface area contributed by atoms with Gasteiger partial charge in [-0.25, -0.2) is 4.98 Å². The molecule has 0 radical (unpaired) electrons. The van der Waals surface area contributed by atoms with Crippen molar-refractivity contribution >= 4 is 35.1 Å². The Kier molecular flexibility index (Phi) is 3.54. The maximum Gasteiger partial charge on any atom is 0.224 e. The van der Waals surface area contributed by atoms with Gasteiger partial charge in [0, 0.05) is 38.2 Å². The lowest BCUT2D eigenvalue weighted by molar-refractivity contribution is -0.132. The molecule has 1 amide bonds. The van der Waals surface area contributed by atoms with Gasteiger partial charge in [-0.05, 0) is 18.0 Å². The fraction of sp³-hybridized carbons (Fsp3) is 0.583. The van der Waals surface area contributed by atoms with Crippen LogP contribution in [0.3, 0.4) is 0 Å². The molecule has 0 unspecified atom stereocenters. The minimum absolute atomic E-state index is 0.207. The number of fused-ring (bicyclic) bond motifs is 1. The van der Waals surface area contributed by atoms with Gasteiger partial charge in [-0.2, -0.15) is 4.98 Å². The largest absolute Gasteiger partial charge is 0.364 e. The Morgan fingerprint density at radius 2 is 2.26 bits per heavy atom. The predicted octanol–water partition coefficient (Wildman–Crippen LogP) is 1.81. The van der Waals surface area contributed by atoms with Gasteiger partial charge in [0.05, 0.1) is 10.6 Å². The van der Waals surface area contributed by atoms with E-state index < -0.39 is 0 Å². The minimum atomic E-state index is 0.207. The first-order valence-electron chi connectivity index (χ1n) is 6.33. The molecule has 1 saturated heterocycles. The molecule has 0 saturated carbocycles. The average Bonchev–Trinajstić information content (AvgIpc) is 2.82. The topological polar surface area (TPSA) is 58.1 Å². The number of piperidine rings is 1. The van der Waals surface area contributed by atoms with Crippen LogP contribution in [-0.4, -0.2) is 46.2 Å². The third-order valence-corrected chi connectivity index (χ3v) is 4.76. The maximum atomic E-state index is 11.5. The van der Waals surface area contributed by atoms with E-state index in [1.807, 2.05) is 7.05 Å². The number of thioether (sulfide) groups is 1. The zero-order valence-electron chi connectivity index (χ0n) is 10.6. The highest BCUT2D eigenvalue weighted by molar-refractivity contribution is 7.99. The Hall–Kier alpha value is -1.01. The van der Waals surface area contributed by atoms with E-state index in [4.69, 9.17) is 11.6 Å². The summed E-state index contributed by atoms with van der Waals surface area (Å²) in [6.07, 6.45) is 2.37. The molecule has 2 aliphatic rings. The number of amides is 1. The number of hydrogen-bond donors (Lipinski definition) is 1. The van der Waals surface area contributed by atoms with E-state index in [1.54, 1.807) is 16.7 Å². The summed E-state index contributed by atoms with van der Waals surface area (Å²) < 4.78 is 0. The second-order valence-corrected chi connectivity index (χ2v) is 6.31. The first-order valence-corrected chi connectivity index (χ1v) is 7.69. The molecule has 0 aromatic carbocycles. The van der Waals surface area contributed by atoms with E-state index in [0.29, 0.717) is 18.2 Å². The number of hydrogen-bond acceptors (Lipinski definition) is 5. The fourth-order valence-corrected chi connectivity index (χ4v) is 3.70. The number of aryl methyl sites for hydroxylation is 1. The van der Waals surface area contributed by atoms with Crippen LogP contribution in [0.15, 0.2) is 4.90 Å². The molecular weight excluding hydrogens is 284 g/mol. The normalized spacial score (nSPS) is 22.5. The number of likely N-dealkylation sites (tertiary alicyclic amines) is 1. The van der Waals surface area contributed by atoms with Crippen molar-refractivity contribution in [3.8, 4) is 0 Å². The van der Waals surface area contributed by atoms with Crippen LogP contribution in [0, 0.1) is 0 Å². The zero-order valence-corrected chi connectivity index (χ0v) is 12.2. The van der Waals surface area contributed by atoms with Gasteiger partial charge in [-0.3, -0.25) is 4.79 Å². The summed E-state index contributed by atoms with van der Waals surface area (Å²) in [6.45, 7) is 0.708. The van der Waals surface area contributed by atoms with Gasteiger partial charge in [0.15, 0.2) is 0 Å². The van der Waals surface area contributed by atoms with Crippen molar-refractivity contribution in [2.75, 3.05) is 24.7 Å². The quantitative estimate of drug-likeness (QED) is 0.844. The highest BCUT2D eigenvalue weighted by Gasteiger charge is 2.26. The molecule has 0 bridgehead atoms. The minimum Gasteiger partial charge on any atom is -0.364 e. The third kappa shape index (κ3) is 2.65. The molecule has 3 heterocycles. The average molecular weight is 299 g/mol. The fourth-order valence-electron chi connectivity index (χ4n) is 2.46. The Morgan fingerprint density at radius 3 is 3.05 bits per heavy atom. The first-order chi connectivity index (χ1) is 9.13. The Bertz CT molecular complexity index is 525. The third-order valence-electron chi connectivity index (χ3n) is 3.46. The number of rotatable bonds is 2. The number of carbonyl (C=O) groups excluding carboxylic acids is 1. The first kappa shape index (κ1) is 13.0. The van der Waals surface area contributed by atoms with Crippen LogP contribution >= 0.6 is 23.4 Å². The van der Waals surface area contributed by atoms with Gasteiger partial charge >= 0.3 is 0 Å². The molecule has 0 aliphatic carbocycles. The van der Waals surface area contributed by atoms with Crippen LogP contribution in [0.5, 0.6) is 0 Å². The molecule has 1 fully saturated rings. The molecular formula is C12H15ClN4OS. The zero-order chi connectivity index (χ0) is 13.4. The summed E-state index contributed by atoms with van der Waals surface area (Å²) in [5.74, 6) is 2.06. The SMILES string of the molecule is CN1C[C@@H](Nc2nc(Cl)nc3c2SCC3)CCC1=O. The monoisotopic (exact) mass is 298 g/mol. The molecule has 5 nitrogen and oxygen atoms in total. The summed E-state index contributed by atoms with van der Waals surface area (Å²) in [5, 5.41) is 3.72. The molecule has 0 spiro atoms. The molecule has 1 atom stereocenters. The lowest BCUT2D eigenvalue weighted by atomic mass is 10.1. The van der Waals surface area contributed by atoms with Crippen molar-refractivity contribution in [3.63, 3.8) is 0 Å². The van der Waals surface area contributed by atoms with Gasteiger partial charge in [0.2, 0.25) is 11.2 Å². The number of nitrogens with one attached hydrogen (secondary N) is 1. The lowest BCUT2D eigenvalue weighted by Gasteiger charge is -2.30. The molecule has 1 aromatic heterocycles. The van der Waals surface area contributed by atoms with Crippen LogP contribution in [0.4, 0.5) is 5.82 Å². The van der Waals surface area contributed by atoms with Crippen molar-refractivity contribution in [1.82, 2.24) is 14.9 Å². The molecule has 2 aliphatic heterocycles. The molecule has 102 valence electrons. The Morgan fingerprint density at radius 1 is 1.42 bits per heavy atom. The van der Waals surface area contributed by atoms with Crippen LogP contribution in [0.25, 0.3) is 0 Å². The predicted molar refractivity (Wildman–Crippen MR) is 75.8 cm³/mol. The van der Waals surface area contributed by atoms with Crippen molar-refractivity contribution < 1.29 is 4.79 Å². The van der Waals surface area contributed by atoms with Crippen molar-refractivity contribution in [2.24, 2.45) is 0 Å².